The molecule has 0 radical (unpaired) electrons. The number of benzene rings is 1. The maximum absolute atomic E-state index is 12.8. The lowest BCUT2D eigenvalue weighted by molar-refractivity contribution is -0.125. The number of hydrogen-bond donors (Lipinski definition) is 1. The van der Waals surface area contributed by atoms with Crippen LogP contribution in [0.15, 0.2) is 46.0 Å². The number of hydrogen-bond acceptors (Lipinski definition) is 4. The lowest BCUT2D eigenvalue weighted by Crippen LogP contribution is -2.51. The highest BCUT2D eigenvalue weighted by molar-refractivity contribution is 7.91. The molecule has 0 spiro atoms. The van der Waals surface area contributed by atoms with Gasteiger partial charge in [-0.2, -0.15) is 4.31 Å². The summed E-state index contributed by atoms with van der Waals surface area (Å²) in [5.74, 6) is -0.230. The van der Waals surface area contributed by atoms with Crippen LogP contribution in [0.1, 0.15) is 24.8 Å². The number of piperidine rings is 1. The van der Waals surface area contributed by atoms with Gasteiger partial charge in [-0.3, -0.25) is 4.79 Å². The highest BCUT2D eigenvalue weighted by atomic mass is 35.5. The molecule has 140 valence electrons. The predicted octanol–water partition coefficient (Wildman–Crippen LogP) is 3.30. The van der Waals surface area contributed by atoms with Gasteiger partial charge in [-0.25, -0.2) is 8.42 Å². The summed E-state index contributed by atoms with van der Waals surface area (Å²) in [7, 11) is -3.62. The van der Waals surface area contributed by atoms with E-state index in [1.807, 2.05) is 18.2 Å². The molecule has 1 fully saturated rings. The molecule has 1 aliphatic heterocycles. The first kappa shape index (κ1) is 19.4. The van der Waals surface area contributed by atoms with Crippen molar-refractivity contribution in [3.63, 3.8) is 0 Å². The Bertz CT molecular complexity index is 853. The number of rotatable bonds is 6. The molecule has 3 rings (SSSR count). The largest absolute Gasteiger partial charge is 0.354 e. The molecule has 26 heavy (non-hydrogen) atoms. The summed E-state index contributed by atoms with van der Waals surface area (Å²) >= 11 is 7.15. The van der Waals surface area contributed by atoms with Gasteiger partial charge in [0.1, 0.15) is 10.3 Å². The Kier molecular flexibility index (Phi) is 6.34. The van der Waals surface area contributed by atoms with Crippen LogP contribution in [0.4, 0.5) is 0 Å². The van der Waals surface area contributed by atoms with Crippen molar-refractivity contribution >= 4 is 38.9 Å². The van der Waals surface area contributed by atoms with Crippen molar-refractivity contribution in [2.45, 2.75) is 35.9 Å². The second kappa shape index (κ2) is 8.52. The van der Waals surface area contributed by atoms with Crippen molar-refractivity contribution in [3.05, 3.63) is 52.4 Å². The van der Waals surface area contributed by atoms with Gasteiger partial charge in [0.15, 0.2) is 0 Å². The summed E-state index contributed by atoms with van der Waals surface area (Å²) in [5.41, 5.74) is 1.03. The summed E-state index contributed by atoms with van der Waals surface area (Å²) in [5, 5.41) is 5.28. The van der Waals surface area contributed by atoms with Crippen LogP contribution in [0.25, 0.3) is 0 Å². The van der Waals surface area contributed by atoms with Crippen LogP contribution in [-0.2, 0) is 21.2 Å². The van der Waals surface area contributed by atoms with E-state index in [-0.39, 0.29) is 10.1 Å². The molecule has 2 aromatic rings. The highest BCUT2D eigenvalue weighted by Crippen LogP contribution is 2.28. The molecular formula is C18H21ClN2O3S2. The molecule has 1 saturated heterocycles. The quantitative estimate of drug-likeness (QED) is 0.791. The van der Waals surface area contributed by atoms with E-state index in [0.717, 1.165) is 18.4 Å². The average Bonchev–Trinajstić information content (AvgIpc) is 3.17. The molecule has 0 saturated carbocycles. The van der Waals surface area contributed by atoms with Gasteiger partial charge in [-0.05, 0) is 48.4 Å². The second-order valence-corrected chi connectivity index (χ2v) is 9.73. The number of nitrogens with zero attached hydrogens (tertiary/aromatic N) is 1. The van der Waals surface area contributed by atoms with Crippen LogP contribution in [-0.4, -0.2) is 37.8 Å². The Balaban J connectivity index is 1.64. The zero-order valence-corrected chi connectivity index (χ0v) is 16.6. The highest BCUT2D eigenvalue weighted by Gasteiger charge is 2.37. The van der Waals surface area contributed by atoms with E-state index in [9.17, 15) is 13.2 Å². The fourth-order valence-electron chi connectivity index (χ4n) is 3.12. The van der Waals surface area contributed by atoms with Crippen LogP contribution < -0.4 is 5.32 Å². The Hall–Kier alpha value is -1.41. The van der Waals surface area contributed by atoms with E-state index >= 15 is 0 Å². The normalized spacial score (nSPS) is 18.6. The van der Waals surface area contributed by atoms with Crippen molar-refractivity contribution in [2.75, 3.05) is 13.1 Å². The van der Waals surface area contributed by atoms with Crippen LogP contribution >= 0.6 is 22.9 Å². The van der Waals surface area contributed by atoms with Crippen molar-refractivity contribution in [1.29, 1.82) is 0 Å². The predicted molar refractivity (Wildman–Crippen MR) is 104 cm³/mol. The molecule has 1 aromatic heterocycles. The maximum Gasteiger partial charge on any atom is 0.253 e. The Morgan fingerprint density at radius 3 is 2.85 bits per heavy atom. The number of thiophene rings is 1. The number of nitrogens with one attached hydrogen (secondary N) is 1. The van der Waals surface area contributed by atoms with E-state index in [4.69, 9.17) is 11.6 Å². The van der Waals surface area contributed by atoms with Gasteiger partial charge in [-0.1, -0.05) is 36.2 Å². The van der Waals surface area contributed by atoms with E-state index in [1.54, 1.807) is 23.6 Å². The molecule has 0 aliphatic carbocycles. The third kappa shape index (κ3) is 4.46. The average molecular weight is 413 g/mol. The summed E-state index contributed by atoms with van der Waals surface area (Å²) < 4.78 is 27.3. The first-order chi connectivity index (χ1) is 12.5. The monoisotopic (exact) mass is 412 g/mol. The van der Waals surface area contributed by atoms with Crippen LogP contribution in [0.2, 0.25) is 5.02 Å². The second-order valence-electron chi connectivity index (χ2n) is 6.23. The standard InChI is InChI=1S/C18H21ClN2O3S2/c19-15-6-3-5-14(13-15)9-10-20-18(22)16-7-1-2-11-21(16)26(23,24)17-8-4-12-25-17/h3-6,8,12-13,16H,1-2,7,9-11H2,(H,20,22)/t16-/m1/s1. The molecule has 5 nitrogen and oxygen atoms in total. The molecule has 1 aromatic carbocycles. The SMILES string of the molecule is O=C(NCCc1cccc(Cl)c1)[C@H]1CCCCN1S(=O)(=O)c1cccs1. The van der Waals surface area contributed by atoms with Gasteiger partial charge in [0, 0.05) is 18.1 Å². The fraction of sp³-hybridized carbons (Fsp3) is 0.389. The van der Waals surface area contributed by atoms with E-state index < -0.39 is 16.1 Å². The van der Waals surface area contributed by atoms with E-state index in [0.29, 0.717) is 31.0 Å². The summed E-state index contributed by atoms with van der Waals surface area (Å²) in [6.45, 7) is 0.829. The summed E-state index contributed by atoms with van der Waals surface area (Å²) in [6.07, 6.45) is 2.82. The first-order valence-electron chi connectivity index (χ1n) is 8.56. The van der Waals surface area contributed by atoms with Crippen molar-refractivity contribution in [1.82, 2.24) is 9.62 Å². The van der Waals surface area contributed by atoms with Gasteiger partial charge < -0.3 is 5.32 Å². The third-order valence-electron chi connectivity index (χ3n) is 4.42. The van der Waals surface area contributed by atoms with Crippen LogP contribution in [0.5, 0.6) is 0 Å². The van der Waals surface area contributed by atoms with Gasteiger partial charge in [0.05, 0.1) is 0 Å². The van der Waals surface area contributed by atoms with E-state index in [2.05, 4.69) is 5.32 Å². The van der Waals surface area contributed by atoms with Crippen LogP contribution in [0.3, 0.4) is 0 Å². The van der Waals surface area contributed by atoms with E-state index in [1.165, 1.54) is 15.6 Å². The van der Waals surface area contributed by atoms with Crippen molar-refractivity contribution in [2.24, 2.45) is 0 Å². The first-order valence-corrected chi connectivity index (χ1v) is 11.3. The molecule has 1 N–H and O–H groups in total. The molecule has 1 aliphatic rings. The zero-order chi connectivity index (χ0) is 18.6. The zero-order valence-electron chi connectivity index (χ0n) is 14.2. The minimum atomic E-state index is -3.62. The molecule has 8 heteroatoms. The Morgan fingerprint density at radius 1 is 1.27 bits per heavy atom. The Morgan fingerprint density at radius 2 is 2.12 bits per heavy atom. The van der Waals surface area contributed by atoms with Crippen molar-refractivity contribution in [3.8, 4) is 0 Å². The summed E-state index contributed by atoms with van der Waals surface area (Å²) in [6, 6.07) is 10.1. The number of halogens is 1. The van der Waals surface area contributed by atoms with Gasteiger partial charge in [-0.15, -0.1) is 11.3 Å². The molecular weight excluding hydrogens is 392 g/mol. The fourth-order valence-corrected chi connectivity index (χ4v) is 6.11. The third-order valence-corrected chi connectivity index (χ3v) is 7.93. The molecule has 2 heterocycles. The topological polar surface area (TPSA) is 66.5 Å². The van der Waals surface area contributed by atoms with Crippen LogP contribution in [0, 0.1) is 0 Å². The molecule has 0 unspecified atom stereocenters. The smallest absolute Gasteiger partial charge is 0.253 e. The Labute approximate surface area is 163 Å². The van der Waals surface area contributed by atoms with Gasteiger partial charge in [0.25, 0.3) is 10.0 Å². The number of sulfonamides is 1. The molecule has 0 bridgehead atoms. The molecule has 1 atom stereocenters. The minimum Gasteiger partial charge on any atom is -0.354 e. The van der Waals surface area contributed by atoms with Gasteiger partial charge in [0.2, 0.25) is 5.91 Å². The van der Waals surface area contributed by atoms with Crippen molar-refractivity contribution < 1.29 is 13.2 Å². The lowest BCUT2D eigenvalue weighted by Gasteiger charge is -2.33. The maximum atomic E-state index is 12.8. The number of carbonyl (C=O) groups is 1. The number of amides is 1. The number of carbonyl (C=O) groups excluding carboxylic acids is 1. The minimum absolute atomic E-state index is 0.230. The van der Waals surface area contributed by atoms with Gasteiger partial charge >= 0.3 is 0 Å². The summed E-state index contributed by atoms with van der Waals surface area (Å²) in [4.78, 5) is 12.6. The lowest BCUT2D eigenvalue weighted by atomic mass is 10.0. The molecule has 1 amide bonds.